The van der Waals surface area contributed by atoms with E-state index in [0.717, 1.165) is 17.0 Å². The number of nitrogens with one attached hydrogen (secondary N) is 2. The molecule has 0 spiro atoms. The summed E-state index contributed by atoms with van der Waals surface area (Å²) in [6.45, 7) is 2.54. The molecule has 0 saturated carbocycles. The third-order valence-electron chi connectivity index (χ3n) is 3.98. The largest absolute Gasteiger partial charge is 0.494 e. The van der Waals surface area contributed by atoms with Crippen LogP contribution in [-0.2, 0) is 6.42 Å². The summed E-state index contributed by atoms with van der Waals surface area (Å²) in [7, 11) is 0. The molecule has 2 aromatic carbocycles. The highest BCUT2D eigenvalue weighted by molar-refractivity contribution is 6.07. The molecule has 0 unspecified atom stereocenters. The van der Waals surface area contributed by atoms with E-state index in [0.29, 0.717) is 30.1 Å². The van der Waals surface area contributed by atoms with Crippen LogP contribution in [0.15, 0.2) is 66.9 Å². The minimum absolute atomic E-state index is 0.269. The minimum atomic E-state index is -0.269. The standard InChI is InChI=1S/C22H20N4O2/c1-2-28-19-11-9-17(10-12-19)25-21-20(4-3-15-24-21)22(27)26-18-7-5-16(6-8-18)13-14-23/h3-12,15H,2,13H2,1H3,(H,24,25)(H,26,27). The lowest BCUT2D eigenvalue weighted by Gasteiger charge is -2.12. The number of benzene rings is 2. The second-order valence-corrected chi connectivity index (χ2v) is 5.97. The molecule has 6 heteroatoms. The van der Waals surface area contributed by atoms with Gasteiger partial charge in [0.1, 0.15) is 11.6 Å². The van der Waals surface area contributed by atoms with Gasteiger partial charge in [-0.25, -0.2) is 4.98 Å². The molecule has 140 valence electrons. The van der Waals surface area contributed by atoms with Gasteiger partial charge in [0.05, 0.1) is 24.7 Å². The highest BCUT2D eigenvalue weighted by atomic mass is 16.5. The molecular formula is C22H20N4O2. The van der Waals surface area contributed by atoms with Crippen LogP contribution in [0.2, 0.25) is 0 Å². The van der Waals surface area contributed by atoms with Gasteiger partial charge in [0, 0.05) is 17.6 Å². The van der Waals surface area contributed by atoms with Crippen LogP contribution in [0.1, 0.15) is 22.8 Å². The van der Waals surface area contributed by atoms with E-state index in [9.17, 15) is 4.79 Å². The zero-order chi connectivity index (χ0) is 19.8. The summed E-state index contributed by atoms with van der Waals surface area (Å²) in [5.41, 5.74) is 2.79. The highest BCUT2D eigenvalue weighted by Gasteiger charge is 2.13. The fourth-order valence-electron chi connectivity index (χ4n) is 2.62. The van der Waals surface area contributed by atoms with Gasteiger partial charge < -0.3 is 15.4 Å². The van der Waals surface area contributed by atoms with Crippen LogP contribution in [-0.4, -0.2) is 17.5 Å². The zero-order valence-electron chi connectivity index (χ0n) is 15.5. The molecule has 0 aliphatic heterocycles. The maximum atomic E-state index is 12.7. The Bertz CT molecular complexity index is 977. The molecule has 3 aromatic rings. The molecule has 28 heavy (non-hydrogen) atoms. The van der Waals surface area contributed by atoms with Gasteiger partial charge in [0.2, 0.25) is 0 Å². The van der Waals surface area contributed by atoms with Crippen molar-refractivity contribution in [2.75, 3.05) is 17.2 Å². The average Bonchev–Trinajstić information content (AvgIpc) is 2.72. The summed E-state index contributed by atoms with van der Waals surface area (Å²) >= 11 is 0. The number of hydrogen-bond acceptors (Lipinski definition) is 5. The Balaban J connectivity index is 1.73. The van der Waals surface area contributed by atoms with Crippen molar-refractivity contribution < 1.29 is 9.53 Å². The number of amides is 1. The van der Waals surface area contributed by atoms with Crippen molar-refractivity contribution in [3.05, 3.63) is 78.0 Å². The average molecular weight is 372 g/mol. The van der Waals surface area contributed by atoms with Gasteiger partial charge in [-0.2, -0.15) is 5.26 Å². The Morgan fingerprint density at radius 1 is 1.07 bits per heavy atom. The lowest BCUT2D eigenvalue weighted by molar-refractivity contribution is 0.102. The summed E-state index contributed by atoms with van der Waals surface area (Å²) in [6, 6.07) is 20.2. The summed E-state index contributed by atoms with van der Waals surface area (Å²) in [5.74, 6) is 0.978. The highest BCUT2D eigenvalue weighted by Crippen LogP contribution is 2.22. The smallest absolute Gasteiger partial charge is 0.259 e. The molecule has 0 atom stereocenters. The summed E-state index contributed by atoms with van der Waals surface area (Å²) in [5, 5.41) is 14.8. The Labute approximate surface area is 163 Å². The van der Waals surface area contributed by atoms with Crippen LogP contribution in [0.3, 0.4) is 0 Å². The van der Waals surface area contributed by atoms with Crippen molar-refractivity contribution in [1.82, 2.24) is 4.98 Å². The number of rotatable bonds is 7. The predicted molar refractivity (Wildman–Crippen MR) is 109 cm³/mol. The first-order chi connectivity index (χ1) is 13.7. The fraction of sp³-hybridized carbons (Fsp3) is 0.136. The van der Waals surface area contributed by atoms with Crippen molar-refractivity contribution in [3.63, 3.8) is 0 Å². The van der Waals surface area contributed by atoms with E-state index >= 15 is 0 Å². The summed E-state index contributed by atoms with van der Waals surface area (Å²) < 4.78 is 5.44. The first-order valence-electron chi connectivity index (χ1n) is 8.91. The predicted octanol–water partition coefficient (Wildman–Crippen LogP) is 4.54. The van der Waals surface area contributed by atoms with Crippen LogP contribution in [0.25, 0.3) is 0 Å². The molecule has 1 aromatic heterocycles. The Kier molecular flexibility index (Phi) is 6.21. The van der Waals surface area contributed by atoms with Crippen LogP contribution in [0.5, 0.6) is 5.75 Å². The van der Waals surface area contributed by atoms with E-state index in [1.807, 2.05) is 43.3 Å². The van der Waals surface area contributed by atoms with Gasteiger partial charge >= 0.3 is 0 Å². The molecule has 0 bridgehead atoms. The number of aromatic nitrogens is 1. The van der Waals surface area contributed by atoms with Crippen molar-refractivity contribution in [2.45, 2.75) is 13.3 Å². The summed E-state index contributed by atoms with van der Waals surface area (Å²) in [4.78, 5) is 17.0. The van der Waals surface area contributed by atoms with Gasteiger partial charge in [0.15, 0.2) is 0 Å². The molecule has 0 fully saturated rings. The lowest BCUT2D eigenvalue weighted by atomic mass is 10.1. The van der Waals surface area contributed by atoms with E-state index in [-0.39, 0.29) is 5.91 Å². The number of nitrogens with zero attached hydrogens (tertiary/aromatic N) is 2. The van der Waals surface area contributed by atoms with E-state index in [1.54, 1.807) is 30.5 Å². The molecule has 0 saturated heterocycles. The second-order valence-electron chi connectivity index (χ2n) is 5.97. The molecule has 6 nitrogen and oxygen atoms in total. The zero-order valence-corrected chi connectivity index (χ0v) is 15.5. The summed E-state index contributed by atoms with van der Waals surface area (Å²) in [6.07, 6.45) is 1.97. The maximum absolute atomic E-state index is 12.7. The first kappa shape index (κ1) is 18.9. The fourth-order valence-corrected chi connectivity index (χ4v) is 2.62. The number of anilines is 3. The van der Waals surface area contributed by atoms with E-state index in [4.69, 9.17) is 10.00 Å². The lowest BCUT2D eigenvalue weighted by Crippen LogP contribution is -2.14. The Hall–Kier alpha value is -3.85. The van der Waals surface area contributed by atoms with Gasteiger partial charge in [-0.05, 0) is 61.0 Å². The van der Waals surface area contributed by atoms with Gasteiger partial charge in [0.25, 0.3) is 5.91 Å². The topological polar surface area (TPSA) is 87.0 Å². The van der Waals surface area contributed by atoms with E-state index in [1.165, 1.54) is 0 Å². The first-order valence-corrected chi connectivity index (χ1v) is 8.91. The normalized spacial score (nSPS) is 10.0. The number of nitriles is 1. The minimum Gasteiger partial charge on any atom is -0.494 e. The van der Waals surface area contributed by atoms with Crippen molar-refractivity contribution >= 4 is 23.1 Å². The molecule has 1 heterocycles. The molecule has 0 aliphatic carbocycles. The third-order valence-corrected chi connectivity index (χ3v) is 3.98. The second kappa shape index (κ2) is 9.19. The van der Waals surface area contributed by atoms with Crippen molar-refractivity contribution in [3.8, 4) is 11.8 Å². The molecule has 3 rings (SSSR count). The quantitative estimate of drug-likeness (QED) is 0.636. The number of hydrogen-bond donors (Lipinski definition) is 2. The molecule has 0 aliphatic rings. The molecule has 2 N–H and O–H groups in total. The van der Waals surface area contributed by atoms with E-state index < -0.39 is 0 Å². The SMILES string of the molecule is CCOc1ccc(Nc2ncccc2C(=O)Nc2ccc(CC#N)cc2)cc1. The Morgan fingerprint density at radius 2 is 1.79 bits per heavy atom. The molecular weight excluding hydrogens is 352 g/mol. The van der Waals surface area contributed by atoms with Crippen molar-refractivity contribution in [2.24, 2.45) is 0 Å². The number of ether oxygens (including phenoxy) is 1. The number of carbonyl (C=O) groups is 1. The van der Waals surface area contributed by atoms with Crippen LogP contribution in [0, 0.1) is 11.3 Å². The number of pyridine rings is 1. The molecule has 1 amide bonds. The van der Waals surface area contributed by atoms with Gasteiger partial charge in [-0.15, -0.1) is 0 Å². The monoisotopic (exact) mass is 372 g/mol. The maximum Gasteiger partial charge on any atom is 0.259 e. The van der Waals surface area contributed by atoms with Crippen LogP contribution >= 0.6 is 0 Å². The van der Waals surface area contributed by atoms with Gasteiger partial charge in [-0.3, -0.25) is 4.79 Å². The van der Waals surface area contributed by atoms with Gasteiger partial charge in [-0.1, -0.05) is 12.1 Å². The third kappa shape index (κ3) is 4.86. The Morgan fingerprint density at radius 3 is 2.46 bits per heavy atom. The van der Waals surface area contributed by atoms with Crippen LogP contribution < -0.4 is 15.4 Å². The molecule has 0 radical (unpaired) electrons. The van der Waals surface area contributed by atoms with Crippen molar-refractivity contribution in [1.29, 1.82) is 5.26 Å². The van der Waals surface area contributed by atoms with Crippen LogP contribution in [0.4, 0.5) is 17.2 Å². The number of carbonyl (C=O) groups excluding carboxylic acids is 1. The van der Waals surface area contributed by atoms with E-state index in [2.05, 4.69) is 21.7 Å².